The van der Waals surface area contributed by atoms with Crippen molar-refractivity contribution in [1.82, 2.24) is 0 Å². The standard InChI is InChI=1S/C7H14O2.2CHNO/c1-3-4-5-6(2)7(8)9;2*2-1-3/h6H,3-5H2,1-2H3,(H,8,9);2*2H. The maximum atomic E-state index is 10.2. The number of carbonyl (C=O) groups is 1. The van der Waals surface area contributed by atoms with E-state index in [1.165, 1.54) is 0 Å². The van der Waals surface area contributed by atoms with Crippen LogP contribution >= 0.6 is 0 Å². The van der Waals surface area contributed by atoms with Crippen LogP contribution in [0.4, 0.5) is 0 Å². The van der Waals surface area contributed by atoms with Crippen molar-refractivity contribution >= 4 is 18.1 Å². The van der Waals surface area contributed by atoms with Gasteiger partial charge >= 0.3 is 5.97 Å². The molecule has 0 aromatic heterocycles. The van der Waals surface area contributed by atoms with Gasteiger partial charge in [0.05, 0.1) is 5.92 Å². The average Bonchev–Trinajstić information content (AvgIpc) is 2.16. The second-order valence-corrected chi connectivity index (χ2v) is 2.59. The molecule has 1 atom stereocenters. The Labute approximate surface area is 88.3 Å². The molecule has 0 saturated heterocycles. The van der Waals surface area contributed by atoms with Crippen LogP contribution in [0.15, 0.2) is 0 Å². The van der Waals surface area contributed by atoms with Crippen molar-refractivity contribution in [2.75, 3.05) is 0 Å². The summed E-state index contributed by atoms with van der Waals surface area (Å²) in [5.41, 5.74) is 0. The molecular formula is C9H16N2O4. The Balaban J connectivity index is -0.000000200. The molecule has 0 aliphatic carbocycles. The van der Waals surface area contributed by atoms with Crippen molar-refractivity contribution in [2.45, 2.75) is 33.1 Å². The molecule has 6 heteroatoms. The second-order valence-electron chi connectivity index (χ2n) is 2.59. The quantitative estimate of drug-likeness (QED) is 0.489. The molecule has 0 aliphatic rings. The van der Waals surface area contributed by atoms with E-state index in [1.807, 2.05) is 0 Å². The van der Waals surface area contributed by atoms with E-state index in [0.717, 1.165) is 31.4 Å². The fourth-order valence-corrected chi connectivity index (χ4v) is 0.634. The maximum absolute atomic E-state index is 10.2. The minimum absolute atomic E-state index is 0.162. The highest BCUT2D eigenvalue weighted by molar-refractivity contribution is 5.69. The topological polar surface area (TPSA) is 119 Å². The molecule has 0 aromatic rings. The van der Waals surface area contributed by atoms with Gasteiger partial charge in [-0.2, -0.15) is 0 Å². The van der Waals surface area contributed by atoms with E-state index >= 15 is 0 Å². The summed E-state index contributed by atoms with van der Waals surface area (Å²) in [5.74, 6) is -0.839. The Morgan fingerprint density at radius 1 is 1.33 bits per heavy atom. The molecule has 0 rings (SSSR count). The SMILES string of the molecule is CCCCC(C)C(=O)O.N=C=O.N=C=O. The third-order valence-corrected chi connectivity index (χ3v) is 1.41. The number of isocyanates is 2. The second kappa shape index (κ2) is 18.1. The maximum Gasteiger partial charge on any atom is 0.306 e. The molecule has 0 saturated carbocycles. The van der Waals surface area contributed by atoms with Crippen LogP contribution in [0.3, 0.4) is 0 Å². The van der Waals surface area contributed by atoms with Crippen molar-refractivity contribution < 1.29 is 19.5 Å². The van der Waals surface area contributed by atoms with Gasteiger partial charge in [-0.05, 0) is 6.42 Å². The molecule has 0 heterocycles. The van der Waals surface area contributed by atoms with E-state index in [-0.39, 0.29) is 5.92 Å². The first-order chi connectivity index (χ1) is 7.01. The molecule has 1 unspecified atom stereocenters. The van der Waals surface area contributed by atoms with Crippen LogP contribution in [0.2, 0.25) is 0 Å². The first kappa shape index (κ1) is 18.9. The molecule has 15 heavy (non-hydrogen) atoms. The van der Waals surface area contributed by atoms with E-state index in [2.05, 4.69) is 6.92 Å². The van der Waals surface area contributed by atoms with Crippen molar-refractivity contribution in [2.24, 2.45) is 5.92 Å². The molecule has 0 fully saturated rings. The number of carboxylic acids is 1. The summed E-state index contributed by atoms with van der Waals surface area (Å²) in [6.07, 6.45) is 4.41. The lowest BCUT2D eigenvalue weighted by atomic mass is 10.1. The lowest BCUT2D eigenvalue weighted by molar-refractivity contribution is -0.141. The minimum Gasteiger partial charge on any atom is -0.481 e. The molecule has 0 radical (unpaired) electrons. The minimum atomic E-state index is -0.677. The van der Waals surface area contributed by atoms with Gasteiger partial charge in [0.2, 0.25) is 12.2 Å². The highest BCUT2D eigenvalue weighted by atomic mass is 16.4. The van der Waals surface area contributed by atoms with Gasteiger partial charge in [0.25, 0.3) is 0 Å². The molecule has 0 aromatic carbocycles. The van der Waals surface area contributed by atoms with E-state index in [0.29, 0.717) is 0 Å². The van der Waals surface area contributed by atoms with Crippen LogP contribution in [-0.2, 0) is 14.4 Å². The number of hydrogen-bond donors (Lipinski definition) is 3. The molecule has 6 nitrogen and oxygen atoms in total. The number of aliphatic carboxylic acids is 1. The molecule has 0 bridgehead atoms. The molecular weight excluding hydrogens is 200 g/mol. The Morgan fingerprint density at radius 2 is 1.67 bits per heavy atom. The third kappa shape index (κ3) is 33.0. The van der Waals surface area contributed by atoms with Crippen LogP contribution in [0.1, 0.15) is 33.1 Å². The predicted octanol–water partition coefficient (Wildman–Crippen LogP) is 1.70. The third-order valence-electron chi connectivity index (χ3n) is 1.41. The summed E-state index contributed by atoms with van der Waals surface area (Å²) >= 11 is 0. The van der Waals surface area contributed by atoms with Gasteiger partial charge in [0.1, 0.15) is 0 Å². The van der Waals surface area contributed by atoms with Gasteiger partial charge in [0, 0.05) is 0 Å². The zero-order valence-corrected chi connectivity index (χ0v) is 8.87. The highest BCUT2D eigenvalue weighted by Gasteiger charge is 2.08. The Hall–Kier alpha value is -1.77. The number of nitrogens with one attached hydrogen (secondary N) is 2. The van der Waals surface area contributed by atoms with Crippen LogP contribution in [0.25, 0.3) is 0 Å². The molecule has 0 aliphatic heterocycles. The summed E-state index contributed by atoms with van der Waals surface area (Å²) in [4.78, 5) is 26.9. The monoisotopic (exact) mass is 216 g/mol. The van der Waals surface area contributed by atoms with Gasteiger partial charge in [-0.15, -0.1) is 0 Å². The fraction of sp³-hybridized carbons (Fsp3) is 0.667. The zero-order chi connectivity index (χ0) is 12.7. The molecule has 0 spiro atoms. The zero-order valence-electron chi connectivity index (χ0n) is 8.87. The smallest absolute Gasteiger partial charge is 0.306 e. The van der Waals surface area contributed by atoms with Gasteiger partial charge in [-0.25, -0.2) is 20.4 Å². The van der Waals surface area contributed by atoms with E-state index in [4.69, 9.17) is 25.5 Å². The number of carbonyl (C=O) groups excluding carboxylic acids is 2. The number of rotatable bonds is 4. The first-order valence-electron chi connectivity index (χ1n) is 4.32. The summed E-state index contributed by atoms with van der Waals surface area (Å²) in [6, 6.07) is 0. The molecule has 0 amide bonds. The number of carboxylic acid groups (broad SMARTS) is 1. The number of hydrogen-bond acceptors (Lipinski definition) is 5. The summed E-state index contributed by atoms with van der Waals surface area (Å²) < 4.78 is 0. The fourth-order valence-electron chi connectivity index (χ4n) is 0.634. The van der Waals surface area contributed by atoms with E-state index in [1.54, 1.807) is 6.92 Å². The highest BCUT2D eigenvalue weighted by Crippen LogP contribution is 2.06. The average molecular weight is 216 g/mol. The molecule has 86 valence electrons. The van der Waals surface area contributed by atoms with Crippen molar-refractivity contribution in [3.63, 3.8) is 0 Å². The Bertz CT molecular complexity index is 204. The summed E-state index contributed by atoms with van der Waals surface area (Å²) in [5, 5.41) is 19.2. The van der Waals surface area contributed by atoms with Crippen LogP contribution in [-0.4, -0.2) is 23.2 Å². The Kier molecular flexibility index (Phi) is 22.8. The first-order valence-corrected chi connectivity index (χ1v) is 4.32. The van der Waals surface area contributed by atoms with E-state index in [9.17, 15) is 4.79 Å². The van der Waals surface area contributed by atoms with Crippen molar-refractivity contribution in [3.05, 3.63) is 0 Å². The predicted molar refractivity (Wildman–Crippen MR) is 53.2 cm³/mol. The van der Waals surface area contributed by atoms with Crippen molar-refractivity contribution in [3.8, 4) is 0 Å². The van der Waals surface area contributed by atoms with Gasteiger partial charge < -0.3 is 5.11 Å². The summed E-state index contributed by atoms with van der Waals surface area (Å²) in [6.45, 7) is 3.81. The lowest BCUT2D eigenvalue weighted by Gasteiger charge is -2.02. The number of unbranched alkanes of at least 4 members (excludes halogenated alkanes) is 1. The van der Waals surface area contributed by atoms with Gasteiger partial charge in [-0.3, -0.25) is 4.79 Å². The largest absolute Gasteiger partial charge is 0.481 e. The Morgan fingerprint density at radius 3 is 1.87 bits per heavy atom. The van der Waals surface area contributed by atoms with Crippen LogP contribution in [0.5, 0.6) is 0 Å². The molecule has 3 N–H and O–H groups in total. The van der Waals surface area contributed by atoms with Gasteiger partial charge in [-0.1, -0.05) is 26.7 Å². The normalized spacial score (nSPS) is 8.93. The van der Waals surface area contributed by atoms with Gasteiger partial charge in [0.15, 0.2) is 0 Å². The van der Waals surface area contributed by atoms with Crippen molar-refractivity contribution in [1.29, 1.82) is 10.8 Å². The van der Waals surface area contributed by atoms with Crippen LogP contribution in [0, 0.1) is 16.7 Å². The summed E-state index contributed by atoms with van der Waals surface area (Å²) in [7, 11) is 0. The van der Waals surface area contributed by atoms with Crippen LogP contribution < -0.4 is 0 Å². The lowest BCUT2D eigenvalue weighted by Crippen LogP contribution is -2.08. The van der Waals surface area contributed by atoms with E-state index < -0.39 is 5.97 Å².